The number of likely N-dealkylation sites (tertiary alicyclic amines) is 1. The fourth-order valence-electron chi connectivity index (χ4n) is 3.58. The lowest BCUT2D eigenvalue weighted by Gasteiger charge is -2.31. The maximum absolute atomic E-state index is 13.0. The van der Waals surface area contributed by atoms with Gasteiger partial charge in [-0.05, 0) is 57.0 Å². The van der Waals surface area contributed by atoms with Gasteiger partial charge in [0.2, 0.25) is 0 Å². The Bertz CT molecular complexity index is 870. The van der Waals surface area contributed by atoms with E-state index in [1.54, 1.807) is 31.1 Å². The van der Waals surface area contributed by atoms with Crippen LogP contribution in [0.1, 0.15) is 41.3 Å². The van der Waals surface area contributed by atoms with Crippen molar-refractivity contribution in [1.82, 2.24) is 4.90 Å². The summed E-state index contributed by atoms with van der Waals surface area (Å²) in [5, 5.41) is 0. The molecule has 0 radical (unpaired) electrons. The largest absolute Gasteiger partial charge is 0.496 e. The predicted molar refractivity (Wildman–Crippen MR) is 114 cm³/mol. The molecule has 1 amide bonds. The van der Waals surface area contributed by atoms with E-state index in [0.29, 0.717) is 50.5 Å². The highest BCUT2D eigenvalue weighted by Crippen LogP contribution is 2.25. The molecule has 0 bridgehead atoms. The predicted octanol–water partition coefficient (Wildman–Crippen LogP) is 4.00. The number of carbonyl (C=O) groups excluding carboxylic acids is 2. The maximum atomic E-state index is 13.0. The van der Waals surface area contributed by atoms with Crippen molar-refractivity contribution in [3.8, 4) is 11.5 Å². The Morgan fingerprint density at radius 3 is 2.40 bits per heavy atom. The monoisotopic (exact) mass is 411 g/mol. The van der Waals surface area contributed by atoms with Crippen LogP contribution in [0.15, 0.2) is 42.5 Å². The Hall–Kier alpha value is -3.02. The number of methoxy groups -OCH3 is 1. The molecule has 0 spiro atoms. The number of piperidine rings is 1. The molecular formula is C24H29NO5. The van der Waals surface area contributed by atoms with Gasteiger partial charge < -0.3 is 19.1 Å². The van der Waals surface area contributed by atoms with Crippen LogP contribution in [-0.4, -0.2) is 43.6 Å². The van der Waals surface area contributed by atoms with Gasteiger partial charge in [0.25, 0.3) is 5.91 Å². The number of benzene rings is 2. The number of nitrogens with zero attached hydrogens (tertiary/aromatic N) is 1. The number of carbonyl (C=O) groups is 2. The first-order valence-corrected chi connectivity index (χ1v) is 10.3. The number of esters is 1. The zero-order chi connectivity index (χ0) is 21.5. The molecule has 0 N–H and O–H groups in total. The second-order valence-electron chi connectivity index (χ2n) is 7.45. The van der Waals surface area contributed by atoms with Crippen molar-refractivity contribution < 1.29 is 23.8 Å². The molecule has 3 rings (SSSR count). The summed E-state index contributed by atoms with van der Waals surface area (Å²) in [5.74, 6) is 1.12. The van der Waals surface area contributed by atoms with Crippen molar-refractivity contribution in [2.45, 2.75) is 33.3 Å². The summed E-state index contributed by atoms with van der Waals surface area (Å²) in [6.45, 7) is 5.61. The molecule has 1 heterocycles. The minimum atomic E-state index is -0.162. The normalized spacial score (nSPS) is 14.3. The van der Waals surface area contributed by atoms with Crippen LogP contribution in [0.2, 0.25) is 0 Å². The third kappa shape index (κ3) is 5.32. The van der Waals surface area contributed by atoms with Gasteiger partial charge in [-0.2, -0.15) is 0 Å². The maximum Gasteiger partial charge on any atom is 0.309 e. The molecular weight excluding hydrogens is 382 g/mol. The van der Waals surface area contributed by atoms with E-state index >= 15 is 0 Å². The summed E-state index contributed by atoms with van der Waals surface area (Å²) in [7, 11) is 1.60. The van der Waals surface area contributed by atoms with Crippen LogP contribution in [-0.2, 0) is 16.1 Å². The summed E-state index contributed by atoms with van der Waals surface area (Å²) in [6, 6.07) is 13.2. The van der Waals surface area contributed by atoms with Crippen molar-refractivity contribution in [2.75, 3.05) is 26.8 Å². The van der Waals surface area contributed by atoms with Crippen molar-refractivity contribution in [3.63, 3.8) is 0 Å². The Balaban J connectivity index is 1.65. The zero-order valence-electron chi connectivity index (χ0n) is 17.8. The molecule has 0 unspecified atom stereocenters. The Labute approximate surface area is 177 Å². The molecule has 1 aliphatic heterocycles. The molecule has 1 saturated heterocycles. The summed E-state index contributed by atoms with van der Waals surface area (Å²) in [5.41, 5.74) is 2.57. The first kappa shape index (κ1) is 21.7. The highest BCUT2D eigenvalue weighted by atomic mass is 16.5. The fraction of sp³-hybridized carbons (Fsp3) is 0.417. The third-order valence-corrected chi connectivity index (χ3v) is 5.34. The van der Waals surface area contributed by atoms with E-state index in [4.69, 9.17) is 14.2 Å². The number of rotatable bonds is 7. The number of aryl methyl sites for hydroxylation is 1. The summed E-state index contributed by atoms with van der Waals surface area (Å²) < 4.78 is 16.4. The number of amides is 1. The van der Waals surface area contributed by atoms with Gasteiger partial charge in [-0.3, -0.25) is 9.59 Å². The first-order valence-electron chi connectivity index (χ1n) is 10.3. The van der Waals surface area contributed by atoms with Crippen LogP contribution < -0.4 is 9.47 Å². The lowest BCUT2D eigenvalue weighted by molar-refractivity contribution is -0.149. The van der Waals surface area contributed by atoms with Gasteiger partial charge in [-0.15, -0.1) is 0 Å². The van der Waals surface area contributed by atoms with Crippen LogP contribution >= 0.6 is 0 Å². The Morgan fingerprint density at radius 1 is 1.07 bits per heavy atom. The minimum absolute atomic E-state index is 0.0449. The Morgan fingerprint density at radius 2 is 1.77 bits per heavy atom. The standard InChI is InChI=1S/C24H29NO5/c1-4-29-24(27)18-11-13-25(14-12-18)23(26)19-7-10-22(28-3)20(15-19)16-30-21-8-5-17(2)6-9-21/h5-10,15,18H,4,11-14,16H2,1-3H3. The quantitative estimate of drug-likeness (QED) is 0.645. The van der Waals surface area contributed by atoms with Gasteiger partial charge in [0.1, 0.15) is 18.1 Å². The molecule has 2 aromatic rings. The van der Waals surface area contributed by atoms with E-state index in [-0.39, 0.29) is 17.8 Å². The second kappa shape index (κ2) is 10.1. The average Bonchev–Trinajstić information content (AvgIpc) is 2.78. The third-order valence-electron chi connectivity index (χ3n) is 5.34. The molecule has 0 atom stereocenters. The first-order chi connectivity index (χ1) is 14.5. The Kier molecular flexibility index (Phi) is 7.33. The van der Waals surface area contributed by atoms with Crippen molar-refractivity contribution >= 4 is 11.9 Å². The molecule has 160 valence electrons. The molecule has 0 saturated carbocycles. The van der Waals surface area contributed by atoms with E-state index in [9.17, 15) is 9.59 Å². The number of ether oxygens (including phenoxy) is 3. The SMILES string of the molecule is CCOC(=O)C1CCN(C(=O)c2ccc(OC)c(COc3ccc(C)cc3)c2)CC1. The average molecular weight is 411 g/mol. The number of hydrogen-bond acceptors (Lipinski definition) is 5. The van der Waals surface area contributed by atoms with E-state index in [1.807, 2.05) is 37.3 Å². The van der Waals surface area contributed by atoms with Crippen molar-refractivity contribution in [1.29, 1.82) is 0 Å². The lowest BCUT2D eigenvalue weighted by Crippen LogP contribution is -2.40. The van der Waals surface area contributed by atoms with Gasteiger partial charge >= 0.3 is 5.97 Å². The molecule has 0 aromatic heterocycles. The lowest BCUT2D eigenvalue weighted by atomic mass is 9.96. The molecule has 6 heteroatoms. The van der Waals surface area contributed by atoms with Crippen LogP contribution in [0.3, 0.4) is 0 Å². The molecule has 2 aromatic carbocycles. The van der Waals surface area contributed by atoms with Gasteiger partial charge in [0, 0.05) is 24.2 Å². The smallest absolute Gasteiger partial charge is 0.309 e. The highest BCUT2D eigenvalue weighted by Gasteiger charge is 2.28. The van der Waals surface area contributed by atoms with E-state index in [2.05, 4.69) is 0 Å². The molecule has 0 aliphatic carbocycles. The molecule has 30 heavy (non-hydrogen) atoms. The van der Waals surface area contributed by atoms with Gasteiger partial charge in [0.05, 0.1) is 19.6 Å². The van der Waals surface area contributed by atoms with Crippen LogP contribution in [0.25, 0.3) is 0 Å². The van der Waals surface area contributed by atoms with Gasteiger partial charge in [-0.1, -0.05) is 17.7 Å². The van der Waals surface area contributed by atoms with Crippen LogP contribution in [0.4, 0.5) is 0 Å². The number of hydrogen-bond donors (Lipinski definition) is 0. The van der Waals surface area contributed by atoms with Gasteiger partial charge in [0.15, 0.2) is 0 Å². The highest BCUT2D eigenvalue weighted by molar-refractivity contribution is 5.94. The molecule has 1 fully saturated rings. The molecule has 1 aliphatic rings. The summed E-state index contributed by atoms with van der Waals surface area (Å²) in [6.07, 6.45) is 1.26. The van der Waals surface area contributed by atoms with E-state index < -0.39 is 0 Å². The minimum Gasteiger partial charge on any atom is -0.496 e. The fourth-order valence-corrected chi connectivity index (χ4v) is 3.58. The van der Waals surface area contributed by atoms with Crippen molar-refractivity contribution in [3.05, 3.63) is 59.2 Å². The van der Waals surface area contributed by atoms with Gasteiger partial charge in [-0.25, -0.2) is 0 Å². The van der Waals surface area contributed by atoms with Crippen LogP contribution in [0.5, 0.6) is 11.5 Å². The van der Waals surface area contributed by atoms with E-state index in [0.717, 1.165) is 11.3 Å². The zero-order valence-corrected chi connectivity index (χ0v) is 17.8. The topological polar surface area (TPSA) is 65.1 Å². The second-order valence-corrected chi connectivity index (χ2v) is 7.45. The summed E-state index contributed by atoms with van der Waals surface area (Å²) >= 11 is 0. The molecule has 6 nitrogen and oxygen atoms in total. The summed E-state index contributed by atoms with van der Waals surface area (Å²) in [4.78, 5) is 26.7. The van der Waals surface area contributed by atoms with Crippen LogP contribution in [0, 0.1) is 12.8 Å². The van der Waals surface area contributed by atoms with Crippen molar-refractivity contribution in [2.24, 2.45) is 5.92 Å². The van der Waals surface area contributed by atoms with E-state index in [1.165, 1.54) is 5.56 Å².